The minimum Gasteiger partial charge on any atom is -0.419 e. The Hall–Kier alpha value is -2.35. The third-order valence-corrected chi connectivity index (χ3v) is 5.37. The van der Waals surface area contributed by atoms with Crippen LogP contribution in [-0.2, 0) is 10.2 Å². The van der Waals surface area contributed by atoms with Crippen LogP contribution in [-0.4, -0.2) is 44.1 Å². The highest BCUT2D eigenvalue weighted by Crippen LogP contribution is 2.44. The van der Waals surface area contributed by atoms with E-state index in [0.29, 0.717) is 17.9 Å². The molecule has 4 atom stereocenters. The van der Waals surface area contributed by atoms with Crippen molar-refractivity contribution >= 4 is 11.5 Å². The molecule has 2 saturated heterocycles. The third kappa shape index (κ3) is 2.43. The lowest BCUT2D eigenvalue weighted by molar-refractivity contribution is -0.0186. The number of nitrogens with zero attached hydrogens (tertiary/aromatic N) is 6. The van der Waals surface area contributed by atoms with Gasteiger partial charge in [0.1, 0.15) is 5.71 Å². The molecule has 0 aromatic carbocycles. The first kappa shape index (κ1) is 15.9. The van der Waals surface area contributed by atoms with Crippen molar-refractivity contribution in [3.05, 3.63) is 30.4 Å². The van der Waals surface area contributed by atoms with E-state index >= 15 is 0 Å². The smallest absolute Gasteiger partial charge is 0.264 e. The van der Waals surface area contributed by atoms with Crippen molar-refractivity contribution in [3.8, 4) is 0 Å². The van der Waals surface area contributed by atoms with Gasteiger partial charge in [-0.3, -0.25) is 4.98 Å². The summed E-state index contributed by atoms with van der Waals surface area (Å²) in [4.78, 5) is 8.64. The number of hydrogen-bond acceptors (Lipinski definition) is 8. The second-order valence-corrected chi connectivity index (χ2v) is 8.26. The van der Waals surface area contributed by atoms with Crippen LogP contribution in [0.4, 0.5) is 5.82 Å². The molecule has 0 radical (unpaired) electrons. The lowest BCUT2D eigenvalue weighted by Gasteiger charge is -2.35. The lowest BCUT2D eigenvalue weighted by atomic mass is 9.87. The van der Waals surface area contributed by atoms with Gasteiger partial charge < -0.3 is 9.15 Å². The van der Waals surface area contributed by atoms with E-state index in [4.69, 9.17) is 14.3 Å². The number of hydrogen-bond donors (Lipinski definition) is 0. The number of rotatable bonds is 2. The van der Waals surface area contributed by atoms with Crippen molar-refractivity contribution in [3.63, 3.8) is 0 Å². The van der Waals surface area contributed by atoms with Gasteiger partial charge in [-0.15, -0.1) is 10.2 Å². The van der Waals surface area contributed by atoms with Crippen LogP contribution < -0.4 is 5.01 Å². The summed E-state index contributed by atoms with van der Waals surface area (Å²) in [6.45, 7) is 6.18. The van der Waals surface area contributed by atoms with Crippen LogP contribution in [0.1, 0.15) is 51.8 Å². The summed E-state index contributed by atoms with van der Waals surface area (Å²) in [5.41, 5.74) is 0.659. The van der Waals surface area contributed by atoms with Crippen LogP contribution in [0.25, 0.3) is 0 Å². The van der Waals surface area contributed by atoms with Gasteiger partial charge in [-0.1, -0.05) is 20.8 Å². The Morgan fingerprint density at radius 2 is 2.04 bits per heavy atom. The monoisotopic (exact) mass is 354 g/mol. The molecule has 5 heterocycles. The summed E-state index contributed by atoms with van der Waals surface area (Å²) < 4.78 is 12.2. The van der Waals surface area contributed by atoms with E-state index in [1.54, 1.807) is 18.6 Å². The van der Waals surface area contributed by atoms with Crippen molar-refractivity contribution in [1.82, 2.24) is 20.2 Å². The molecule has 0 N–H and O–H groups in total. The van der Waals surface area contributed by atoms with Crippen LogP contribution in [0.3, 0.4) is 0 Å². The van der Waals surface area contributed by atoms with E-state index in [0.717, 1.165) is 30.8 Å². The molecule has 26 heavy (non-hydrogen) atoms. The van der Waals surface area contributed by atoms with Crippen LogP contribution in [0.15, 0.2) is 28.1 Å². The van der Waals surface area contributed by atoms with Gasteiger partial charge in [0.25, 0.3) is 5.89 Å². The molecule has 136 valence electrons. The molecule has 2 aromatic rings. The highest BCUT2D eigenvalue weighted by atomic mass is 16.5. The van der Waals surface area contributed by atoms with Crippen molar-refractivity contribution in [2.45, 2.75) is 63.7 Å². The number of aromatic nitrogens is 4. The van der Waals surface area contributed by atoms with E-state index < -0.39 is 0 Å². The predicted molar refractivity (Wildman–Crippen MR) is 93.8 cm³/mol. The standard InChI is InChI=1S/C18H22N6O2/c1-18(2,3)17-22-21-16(26-17)14-11-8-10-4-5-12(25-10)15(11)24(23-14)13-9-19-6-7-20-13/h6-7,9-12,15H,4-5,8H2,1-3H3. The van der Waals surface area contributed by atoms with E-state index in [9.17, 15) is 0 Å². The van der Waals surface area contributed by atoms with E-state index in [2.05, 4.69) is 40.9 Å². The van der Waals surface area contributed by atoms with Crippen LogP contribution in [0.2, 0.25) is 0 Å². The fourth-order valence-corrected chi connectivity index (χ4v) is 4.14. The fraction of sp³-hybridized carbons (Fsp3) is 0.611. The normalized spacial score (nSPS) is 30.4. The molecule has 5 rings (SSSR count). The Kier molecular flexibility index (Phi) is 3.40. The Morgan fingerprint density at radius 3 is 2.77 bits per heavy atom. The van der Waals surface area contributed by atoms with Gasteiger partial charge >= 0.3 is 0 Å². The highest BCUT2D eigenvalue weighted by molar-refractivity contribution is 6.01. The predicted octanol–water partition coefficient (Wildman–Crippen LogP) is 2.32. The molecule has 2 fully saturated rings. The molecule has 8 heteroatoms. The summed E-state index contributed by atoms with van der Waals surface area (Å²) in [7, 11) is 0. The molecule has 0 aliphatic carbocycles. The van der Waals surface area contributed by atoms with E-state index in [1.165, 1.54) is 0 Å². The number of ether oxygens (including phenoxy) is 1. The molecule has 0 spiro atoms. The Bertz CT molecular complexity index is 843. The Morgan fingerprint density at radius 1 is 1.15 bits per heavy atom. The first-order valence-corrected chi connectivity index (χ1v) is 9.14. The van der Waals surface area contributed by atoms with Gasteiger partial charge in [-0.05, 0) is 19.3 Å². The molecular formula is C18H22N6O2. The maximum atomic E-state index is 6.18. The average Bonchev–Trinajstić information content (AvgIpc) is 3.33. The highest BCUT2D eigenvalue weighted by Gasteiger charge is 2.53. The summed E-state index contributed by atoms with van der Waals surface area (Å²) in [6, 6.07) is 0.102. The fourth-order valence-electron chi connectivity index (χ4n) is 4.14. The molecule has 3 aliphatic heterocycles. The minimum atomic E-state index is -0.191. The molecule has 2 aromatic heterocycles. The van der Waals surface area contributed by atoms with Crippen LogP contribution in [0.5, 0.6) is 0 Å². The largest absolute Gasteiger partial charge is 0.419 e. The minimum absolute atomic E-state index is 0.102. The first-order valence-electron chi connectivity index (χ1n) is 9.14. The quantitative estimate of drug-likeness (QED) is 0.817. The summed E-state index contributed by atoms with van der Waals surface area (Å²) in [5, 5.41) is 15.4. The Labute approximate surface area is 151 Å². The summed E-state index contributed by atoms with van der Waals surface area (Å²) in [5.74, 6) is 2.07. The lowest BCUT2D eigenvalue weighted by Crippen LogP contribution is -2.47. The maximum absolute atomic E-state index is 6.18. The second kappa shape index (κ2) is 5.57. The van der Waals surface area contributed by atoms with Gasteiger partial charge in [0.2, 0.25) is 5.89 Å². The zero-order valence-corrected chi connectivity index (χ0v) is 15.2. The second-order valence-electron chi connectivity index (χ2n) is 8.26. The molecule has 0 amide bonds. The molecule has 3 aliphatic rings. The molecule has 8 nitrogen and oxygen atoms in total. The third-order valence-electron chi connectivity index (χ3n) is 5.37. The van der Waals surface area contributed by atoms with Gasteiger partial charge in [0, 0.05) is 23.7 Å². The van der Waals surface area contributed by atoms with Crippen molar-refractivity contribution in [2.75, 3.05) is 5.01 Å². The average molecular weight is 354 g/mol. The van der Waals surface area contributed by atoms with Crippen molar-refractivity contribution in [1.29, 1.82) is 0 Å². The summed E-state index contributed by atoms with van der Waals surface area (Å²) >= 11 is 0. The van der Waals surface area contributed by atoms with Gasteiger partial charge in [0.15, 0.2) is 5.82 Å². The van der Waals surface area contributed by atoms with Gasteiger partial charge in [-0.25, -0.2) is 9.99 Å². The number of fused-ring (bicyclic) bond motifs is 4. The summed E-state index contributed by atoms with van der Waals surface area (Å²) in [6.07, 6.45) is 8.58. The molecule has 4 unspecified atom stereocenters. The van der Waals surface area contributed by atoms with Crippen molar-refractivity contribution < 1.29 is 9.15 Å². The zero-order chi connectivity index (χ0) is 17.9. The van der Waals surface area contributed by atoms with Crippen molar-refractivity contribution in [2.24, 2.45) is 11.0 Å². The SMILES string of the molecule is CC(C)(C)c1nnc(C2=NN(c3cnccn3)C3C4CCC(CC23)O4)o1. The van der Waals surface area contributed by atoms with Gasteiger partial charge in [-0.2, -0.15) is 5.10 Å². The van der Waals surface area contributed by atoms with Gasteiger partial charge in [0.05, 0.1) is 24.4 Å². The zero-order valence-electron chi connectivity index (χ0n) is 15.2. The van der Waals surface area contributed by atoms with Crippen LogP contribution >= 0.6 is 0 Å². The number of anilines is 1. The maximum Gasteiger partial charge on any atom is 0.264 e. The number of hydrazone groups is 1. The Balaban J connectivity index is 1.57. The van der Waals surface area contributed by atoms with E-state index in [1.807, 2.05) is 5.01 Å². The molecular weight excluding hydrogens is 332 g/mol. The van der Waals surface area contributed by atoms with E-state index in [-0.39, 0.29) is 23.5 Å². The first-order chi connectivity index (χ1) is 12.5. The van der Waals surface area contributed by atoms with Crippen LogP contribution in [0, 0.1) is 5.92 Å². The molecule has 2 bridgehead atoms. The topological polar surface area (TPSA) is 89.5 Å². The molecule has 0 saturated carbocycles.